The fourth-order valence-corrected chi connectivity index (χ4v) is 4.52. The zero-order valence-corrected chi connectivity index (χ0v) is 17.7. The monoisotopic (exact) mass is 393 g/mol. The molecule has 152 valence electrons. The molecule has 0 saturated heterocycles. The number of hydrogen-bond donors (Lipinski definition) is 1. The summed E-state index contributed by atoms with van der Waals surface area (Å²) in [6, 6.07) is 33.2. The van der Waals surface area contributed by atoms with E-state index in [2.05, 4.69) is 110 Å². The summed E-state index contributed by atoms with van der Waals surface area (Å²) in [6.45, 7) is 4.58. The normalized spacial score (nSPS) is 12.5. The predicted octanol–water partition coefficient (Wildman–Crippen LogP) is 8.39. The van der Waals surface area contributed by atoms with E-state index in [1.165, 1.54) is 49.6 Å². The molecule has 0 saturated carbocycles. The molecule has 0 fully saturated rings. The third-order valence-electron chi connectivity index (χ3n) is 6.30. The average Bonchev–Trinajstić information content (AvgIpc) is 3.23. The van der Waals surface area contributed by atoms with E-state index in [9.17, 15) is 0 Å². The van der Waals surface area contributed by atoms with E-state index in [0.29, 0.717) is 5.92 Å². The lowest BCUT2D eigenvalue weighted by atomic mass is 9.89. The van der Waals surface area contributed by atoms with Crippen molar-refractivity contribution in [1.29, 1.82) is 0 Å². The van der Waals surface area contributed by atoms with E-state index in [4.69, 9.17) is 0 Å². The second kappa shape index (κ2) is 7.84. The minimum atomic E-state index is 0. The Hall–Kier alpha value is -3.32. The van der Waals surface area contributed by atoms with E-state index in [1.54, 1.807) is 0 Å². The first-order valence-corrected chi connectivity index (χ1v) is 10.9. The lowest BCUT2D eigenvalue weighted by molar-refractivity contribution is 0.753. The molecule has 5 aromatic rings. The third kappa shape index (κ3) is 3.52. The third-order valence-corrected chi connectivity index (χ3v) is 6.30. The van der Waals surface area contributed by atoms with Gasteiger partial charge in [0.15, 0.2) is 0 Å². The molecule has 0 aliphatic rings. The average molecular weight is 394 g/mol. The van der Waals surface area contributed by atoms with Crippen molar-refractivity contribution >= 4 is 21.7 Å². The van der Waals surface area contributed by atoms with Gasteiger partial charge in [0.25, 0.3) is 0 Å². The van der Waals surface area contributed by atoms with Crippen molar-refractivity contribution in [1.82, 2.24) is 4.98 Å². The van der Waals surface area contributed by atoms with Gasteiger partial charge in [-0.3, -0.25) is 0 Å². The molecule has 1 heteroatoms. The van der Waals surface area contributed by atoms with Crippen LogP contribution >= 0.6 is 0 Å². The van der Waals surface area contributed by atoms with Crippen LogP contribution in [0.5, 0.6) is 0 Å². The Balaban J connectivity index is 0.00000144. The van der Waals surface area contributed by atoms with Crippen molar-refractivity contribution < 1.29 is 2.85 Å². The standard InChI is InChI=1S/C29H27N.2H2/c1-3-21-8-4-5-9-23(21)16-20(2)22-12-13-25-18-27(15-14-24(25)17-22)29-19-26-10-6-7-11-28(26)30-29;;/h4-15,17-20,30H,3,16H2,1-2H3;2*1H. The molecule has 1 heterocycles. The fourth-order valence-electron chi connectivity index (χ4n) is 4.52. The molecule has 0 radical (unpaired) electrons. The number of fused-ring (bicyclic) bond motifs is 2. The SMILES string of the molecule is CCc1ccccc1CC(C)c1ccc2cc(-c3cc4ccccc4[nH]3)ccc2c1.[HH].[HH]. The van der Waals surface area contributed by atoms with Crippen molar-refractivity contribution in [2.75, 3.05) is 0 Å². The molecule has 1 unspecified atom stereocenters. The first kappa shape index (κ1) is 18.7. The summed E-state index contributed by atoms with van der Waals surface area (Å²) in [4.78, 5) is 3.54. The molecule has 0 amide bonds. The maximum Gasteiger partial charge on any atom is 0.0464 e. The molecule has 1 nitrogen and oxygen atoms in total. The number of aromatic nitrogens is 1. The molecule has 0 aliphatic carbocycles. The number of hydrogen-bond acceptors (Lipinski definition) is 0. The number of nitrogens with one attached hydrogen (secondary N) is 1. The summed E-state index contributed by atoms with van der Waals surface area (Å²) < 4.78 is 0. The largest absolute Gasteiger partial charge is 0.355 e. The quantitative estimate of drug-likeness (QED) is 0.308. The first-order chi connectivity index (χ1) is 14.7. The maximum atomic E-state index is 3.54. The molecular formula is C29H31N. The minimum Gasteiger partial charge on any atom is -0.355 e. The fraction of sp³-hybridized carbons (Fsp3) is 0.172. The molecular weight excluding hydrogens is 362 g/mol. The van der Waals surface area contributed by atoms with Crippen molar-refractivity contribution in [2.24, 2.45) is 0 Å². The van der Waals surface area contributed by atoms with Crippen LogP contribution in [-0.2, 0) is 12.8 Å². The predicted molar refractivity (Wildman–Crippen MR) is 133 cm³/mol. The number of para-hydroxylation sites is 1. The van der Waals surface area contributed by atoms with Crippen LogP contribution in [0.4, 0.5) is 0 Å². The summed E-state index contributed by atoms with van der Waals surface area (Å²) >= 11 is 0. The number of aromatic amines is 1. The zero-order valence-electron chi connectivity index (χ0n) is 17.7. The van der Waals surface area contributed by atoms with Gasteiger partial charge in [-0.25, -0.2) is 0 Å². The van der Waals surface area contributed by atoms with Crippen LogP contribution in [0, 0.1) is 0 Å². The first-order valence-electron chi connectivity index (χ1n) is 10.9. The van der Waals surface area contributed by atoms with Crippen LogP contribution in [0.15, 0.2) is 91.0 Å². The Labute approximate surface area is 181 Å². The lowest BCUT2D eigenvalue weighted by Gasteiger charge is -2.15. The highest BCUT2D eigenvalue weighted by Crippen LogP contribution is 2.30. The van der Waals surface area contributed by atoms with E-state index >= 15 is 0 Å². The highest BCUT2D eigenvalue weighted by atomic mass is 14.7. The second-order valence-corrected chi connectivity index (χ2v) is 8.32. The Bertz CT molecular complexity index is 1300. The van der Waals surface area contributed by atoms with Crippen molar-refractivity contribution in [3.8, 4) is 11.3 Å². The topological polar surface area (TPSA) is 15.8 Å². The number of benzene rings is 4. The van der Waals surface area contributed by atoms with Gasteiger partial charge < -0.3 is 4.98 Å². The molecule has 1 aromatic heterocycles. The number of aryl methyl sites for hydroxylation is 1. The molecule has 1 atom stereocenters. The van der Waals surface area contributed by atoms with Crippen LogP contribution in [0.3, 0.4) is 0 Å². The van der Waals surface area contributed by atoms with Gasteiger partial charge in [0, 0.05) is 19.5 Å². The number of H-pyrrole nitrogens is 1. The van der Waals surface area contributed by atoms with Crippen LogP contribution in [-0.4, -0.2) is 4.98 Å². The molecule has 1 N–H and O–H groups in total. The summed E-state index contributed by atoms with van der Waals surface area (Å²) in [6.07, 6.45) is 2.18. The van der Waals surface area contributed by atoms with Gasteiger partial charge in [-0.1, -0.05) is 86.6 Å². The molecule has 0 bridgehead atoms. The van der Waals surface area contributed by atoms with Crippen LogP contribution in [0.1, 0.15) is 39.3 Å². The van der Waals surface area contributed by atoms with E-state index in [-0.39, 0.29) is 2.85 Å². The van der Waals surface area contributed by atoms with Gasteiger partial charge in [-0.15, -0.1) is 0 Å². The number of rotatable bonds is 5. The molecule has 5 rings (SSSR count). The van der Waals surface area contributed by atoms with Gasteiger partial charge in [-0.05, 0) is 70.0 Å². The highest BCUT2D eigenvalue weighted by molar-refractivity contribution is 5.91. The van der Waals surface area contributed by atoms with Crippen molar-refractivity contribution in [3.63, 3.8) is 0 Å². The van der Waals surface area contributed by atoms with Gasteiger partial charge >= 0.3 is 0 Å². The highest BCUT2D eigenvalue weighted by Gasteiger charge is 2.11. The Morgan fingerprint density at radius 3 is 2.30 bits per heavy atom. The van der Waals surface area contributed by atoms with Gasteiger partial charge in [0.2, 0.25) is 0 Å². The summed E-state index contributed by atoms with van der Waals surface area (Å²) in [7, 11) is 0. The van der Waals surface area contributed by atoms with Crippen LogP contribution in [0.25, 0.3) is 32.9 Å². The van der Waals surface area contributed by atoms with Gasteiger partial charge in [-0.2, -0.15) is 0 Å². The summed E-state index contributed by atoms with van der Waals surface area (Å²) in [5.74, 6) is 0.496. The van der Waals surface area contributed by atoms with Crippen molar-refractivity contribution in [2.45, 2.75) is 32.6 Å². The summed E-state index contributed by atoms with van der Waals surface area (Å²) in [5, 5.41) is 3.85. The van der Waals surface area contributed by atoms with Crippen molar-refractivity contribution in [3.05, 3.63) is 108 Å². The summed E-state index contributed by atoms with van der Waals surface area (Å²) in [5.41, 5.74) is 7.94. The second-order valence-electron chi connectivity index (χ2n) is 8.32. The van der Waals surface area contributed by atoms with Crippen LogP contribution < -0.4 is 0 Å². The molecule has 0 spiro atoms. The minimum absolute atomic E-state index is 0. The van der Waals surface area contributed by atoms with Gasteiger partial charge in [0.1, 0.15) is 0 Å². The zero-order chi connectivity index (χ0) is 20.5. The Morgan fingerprint density at radius 2 is 1.47 bits per heavy atom. The lowest BCUT2D eigenvalue weighted by Crippen LogP contribution is -2.01. The van der Waals surface area contributed by atoms with E-state index < -0.39 is 0 Å². The smallest absolute Gasteiger partial charge is 0.0464 e. The van der Waals surface area contributed by atoms with Gasteiger partial charge in [0.05, 0.1) is 0 Å². The Morgan fingerprint density at radius 1 is 0.733 bits per heavy atom. The molecule has 0 aliphatic heterocycles. The molecule has 30 heavy (non-hydrogen) atoms. The van der Waals surface area contributed by atoms with E-state index in [0.717, 1.165) is 12.8 Å². The molecule has 4 aromatic carbocycles. The van der Waals surface area contributed by atoms with Crippen LogP contribution in [0.2, 0.25) is 0 Å². The maximum absolute atomic E-state index is 3.54. The van der Waals surface area contributed by atoms with E-state index in [1.807, 2.05) is 0 Å². The Kier molecular flexibility index (Phi) is 4.88.